The van der Waals surface area contributed by atoms with Gasteiger partial charge >= 0.3 is 6.18 Å². The molecular formula is C13H10F3NO. The fourth-order valence-electron chi connectivity index (χ4n) is 1.71. The molecule has 1 aromatic carbocycles. The van der Waals surface area contributed by atoms with E-state index in [1.54, 1.807) is 0 Å². The van der Waals surface area contributed by atoms with Crippen molar-refractivity contribution in [3.05, 3.63) is 53.9 Å². The van der Waals surface area contributed by atoms with E-state index in [1.165, 1.54) is 36.7 Å². The van der Waals surface area contributed by atoms with Crippen molar-refractivity contribution in [3.63, 3.8) is 0 Å². The van der Waals surface area contributed by atoms with Gasteiger partial charge in [-0.3, -0.25) is 4.98 Å². The van der Waals surface area contributed by atoms with Gasteiger partial charge in [0.05, 0.1) is 12.2 Å². The van der Waals surface area contributed by atoms with Crippen molar-refractivity contribution in [1.82, 2.24) is 4.98 Å². The van der Waals surface area contributed by atoms with Crippen LogP contribution in [0.15, 0.2) is 42.7 Å². The molecule has 0 atom stereocenters. The molecule has 94 valence electrons. The number of benzene rings is 1. The van der Waals surface area contributed by atoms with Crippen LogP contribution < -0.4 is 0 Å². The zero-order valence-electron chi connectivity index (χ0n) is 9.28. The minimum absolute atomic E-state index is 0.0523. The molecule has 2 nitrogen and oxygen atoms in total. The van der Waals surface area contributed by atoms with Crippen molar-refractivity contribution in [3.8, 4) is 11.1 Å². The number of hydrogen-bond donors (Lipinski definition) is 1. The Labute approximate surface area is 102 Å². The predicted molar refractivity (Wildman–Crippen MR) is 60.6 cm³/mol. The maximum Gasteiger partial charge on any atom is 0.417 e. The Kier molecular flexibility index (Phi) is 3.34. The van der Waals surface area contributed by atoms with Gasteiger partial charge in [0.1, 0.15) is 0 Å². The molecule has 2 aromatic rings. The number of aliphatic hydroxyl groups excluding tert-OH is 1. The van der Waals surface area contributed by atoms with E-state index in [-0.39, 0.29) is 12.2 Å². The molecule has 5 heteroatoms. The molecule has 18 heavy (non-hydrogen) atoms. The lowest BCUT2D eigenvalue weighted by Crippen LogP contribution is -2.07. The summed E-state index contributed by atoms with van der Waals surface area (Å²) in [7, 11) is 0. The van der Waals surface area contributed by atoms with Gasteiger partial charge in [0.2, 0.25) is 0 Å². The Hall–Kier alpha value is -1.88. The topological polar surface area (TPSA) is 33.1 Å². The quantitative estimate of drug-likeness (QED) is 0.891. The Bertz CT molecular complexity index is 538. The van der Waals surface area contributed by atoms with Gasteiger partial charge in [-0.2, -0.15) is 13.2 Å². The number of aromatic nitrogens is 1. The van der Waals surface area contributed by atoms with Crippen LogP contribution in [0.4, 0.5) is 13.2 Å². The second-order valence-electron chi connectivity index (χ2n) is 3.77. The third kappa shape index (κ3) is 2.51. The molecule has 0 amide bonds. The Morgan fingerprint density at radius 3 is 2.28 bits per heavy atom. The van der Waals surface area contributed by atoms with E-state index in [9.17, 15) is 13.2 Å². The summed E-state index contributed by atoms with van der Waals surface area (Å²) in [4.78, 5) is 3.77. The third-order valence-electron chi connectivity index (χ3n) is 2.56. The minimum atomic E-state index is -4.42. The van der Waals surface area contributed by atoms with Crippen molar-refractivity contribution in [2.75, 3.05) is 0 Å². The number of hydrogen-bond acceptors (Lipinski definition) is 2. The molecule has 0 saturated carbocycles. The van der Waals surface area contributed by atoms with Crippen LogP contribution in [0, 0.1) is 0 Å². The summed E-state index contributed by atoms with van der Waals surface area (Å²) in [5.41, 5.74) is 0.199. The van der Waals surface area contributed by atoms with Crippen molar-refractivity contribution < 1.29 is 18.3 Å². The number of rotatable bonds is 2. The van der Waals surface area contributed by atoms with E-state index in [0.717, 1.165) is 6.07 Å². The summed E-state index contributed by atoms with van der Waals surface area (Å²) in [6, 6.07) is 6.62. The molecule has 0 aliphatic carbocycles. The van der Waals surface area contributed by atoms with E-state index >= 15 is 0 Å². The summed E-state index contributed by atoms with van der Waals surface area (Å²) in [6.07, 6.45) is -1.56. The van der Waals surface area contributed by atoms with Gasteiger partial charge in [-0.05, 0) is 41.0 Å². The van der Waals surface area contributed by atoms with Crippen LogP contribution in [0.25, 0.3) is 11.1 Å². The Morgan fingerprint density at radius 1 is 1.06 bits per heavy atom. The lowest BCUT2D eigenvalue weighted by molar-refractivity contribution is -0.137. The second-order valence-corrected chi connectivity index (χ2v) is 3.77. The molecule has 1 aromatic heterocycles. The summed E-state index contributed by atoms with van der Waals surface area (Å²) in [5.74, 6) is 0. The van der Waals surface area contributed by atoms with Gasteiger partial charge < -0.3 is 5.11 Å². The standard InChI is InChI=1S/C13H10F3NO/c14-13(15,16)12-2-1-9(8-18)7-11(12)10-3-5-17-6-4-10/h1-7,18H,8H2. The Balaban J connectivity index is 2.62. The molecule has 0 aliphatic rings. The van der Waals surface area contributed by atoms with Crippen LogP contribution in [0.5, 0.6) is 0 Å². The minimum Gasteiger partial charge on any atom is -0.392 e. The molecule has 0 unspecified atom stereocenters. The molecule has 1 heterocycles. The maximum absolute atomic E-state index is 12.9. The van der Waals surface area contributed by atoms with E-state index in [4.69, 9.17) is 5.11 Å². The third-order valence-corrected chi connectivity index (χ3v) is 2.56. The van der Waals surface area contributed by atoms with Gasteiger partial charge in [-0.1, -0.05) is 6.07 Å². The number of pyridine rings is 1. The van der Waals surface area contributed by atoms with Crippen LogP contribution in [0.3, 0.4) is 0 Å². The van der Waals surface area contributed by atoms with Gasteiger partial charge in [0.15, 0.2) is 0 Å². The predicted octanol–water partition coefficient (Wildman–Crippen LogP) is 3.26. The molecule has 0 aliphatic heterocycles. The average Bonchev–Trinajstić information content (AvgIpc) is 2.38. The molecule has 0 bridgehead atoms. The van der Waals surface area contributed by atoms with Crippen LogP contribution in [-0.4, -0.2) is 10.1 Å². The van der Waals surface area contributed by atoms with E-state index in [1.807, 2.05) is 0 Å². The second kappa shape index (κ2) is 4.78. The molecule has 0 radical (unpaired) electrons. The first-order valence-corrected chi connectivity index (χ1v) is 5.24. The summed E-state index contributed by atoms with van der Waals surface area (Å²) >= 11 is 0. The summed E-state index contributed by atoms with van der Waals surface area (Å²) in [5, 5.41) is 9.01. The molecule has 0 fully saturated rings. The first-order valence-electron chi connectivity index (χ1n) is 5.24. The van der Waals surface area contributed by atoms with Crippen molar-refractivity contribution >= 4 is 0 Å². The fourth-order valence-corrected chi connectivity index (χ4v) is 1.71. The monoisotopic (exact) mass is 253 g/mol. The van der Waals surface area contributed by atoms with E-state index in [0.29, 0.717) is 11.1 Å². The van der Waals surface area contributed by atoms with Gasteiger partial charge in [-0.15, -0.1) is 0 Å². The smallest absolute Gasteiger partial charge is 0.392 e. The van der Waals surface area contributed by atoms with Gasteiger partial charge in [-0.25, -0.2) is 0 Å². The highest BCUT2D eigenvalue weighted by Gasteiger charge is 2.33. The highest BCUT2D eigenvalue weighted by molar-refractivity contribution is 5.68. The highest BCUT2D eigenvalue weighted by Crippen LogP contribution is 2.37. The molecule has 0 saturated heterocycles. The first kappa shape index (κ1) is 12.6. The summed E-state index contributed by atoms with van der Waals surface area (Å²) < 4.78 is 38.7. The van der Waals surface area contributed by atoms with E-state index in [2.05, 4.69) is 4.98 Å². The lowest BCUT2D eigenvalue weighted by atomic mass is 9.98. The molecular weight excluding hydrogens is 243 g/mol. The number of alkyl halides is 3. The van der Waals surface area contributed by atoms with Gasteiger partial charge in [0, 0.05) is 12.4 Å². The van der Waals surface area contributed by atoms with Crippen molar-refractivity contribution in [2.45, 2.75) is 12.8 Å². The number of halogens is 3. The Morgan fingerprint density at radius 2 is 1.72 bits per heavy atom. The molecule has 2 rings (SSSR count). The normalized spacial score (nSPS) is 11.6. The largest absolute Gasteiger partial charge is 0.417 e. The summed E-state index contributed by atoms with van der Waals surface area (Å²) in [6.45, 7) is -0.295. The van der Waals surface area contributed by atoms with Crippen molar-refractivity contribution in [1.29, 1.82) is 0 Å². The zero-order chi connectivity index (χ0) is 13.2. The van der Waals surface area contributed by atoms with Crippen LogP contribution in [-0.2, 0) is 12.8 Å². The maximum atomic E-state index is 12.9. The fraction of sp³-hybridized carbons (Fsp3) is 0.154. The highest BCUT2D eigenvalue weighted by atomic mass is 19.4. The zero-order valence-corrected chi connectivity index (χ0v) is 9.28. The SMILES string of the molecule is OCc1ccc(C(F)(F)F)c(-c2ccncc2)c1. The van der Waals surface area contributed by atoms with Gasteiger partial charge in [0.25, 0.3) is 0 Å². The number of nitrogens with zero attached hydrogens (tertiary/aromatic N) is 1. The first-order chi connectivity index (χ1) is 8.52. The van der Waals surface area contributed by atoms with E-state index < -0.39 is 11.7 Å². The van der Waals surface area contributed by atoms with Crippen LogP contribution >= 0.6 is 0 Å². The molecule has 1 N–H and O–H groups in total. The average molecular weight is 253 g/mol. The van der Waals surface area contributed by atoms with Crippen LogP contribution in [0.1, 0.15) is 11.1 Å². The molecule has 0 spiro atoms. The van der Waals surface area contributed by atoms with Crippen molar-refractivity contribution in [2.24, 2.45) is 0 Å². The van der Waals surface area contributed by atoms with Crippen LogP contribution in [0.2, 0.25) is 0 Å². The lowest BCUT2D eigenvalue weighted by Gasteiger charge is -2.14. The number of aliphatic hydroxyl groups is 1.